The molecule has 2 aromatic rings. The molecule has 0 aromatic heterocycles. The summed E-state index contributed by atoms with van der Waals surface area (Å²) >= 11 is 3.35. The molecule has 1 unspecified atom stereocenters. The predicted octanol–water partition coefficient (Wildman–Crippen LogP) is 3.34. The maximum atomic E-state index is 12.1. The first kappa shape index (κ1) is 12.3. The summed E-state index contributed by atoms with van der Waals surface area (Å²) < 4.78 is 13.0. The van der Waals surface area contributed by atoms with Gasteiger partial charge in [0.2, 0.25) is 0 Å². The highest BCUT2D eigenvalue weighted by atomic mass is 79.9. The van der Waals surface area contributed by atoms with Gasteiger partial charge in [-0.2, -0.15) is 0 Å². The third kappa shape index (κ3) is 3.17. The van der Waals surface area contributed by atoms with Crippen LogP contribution >= 0.6 is 15.9 Å². The Bertz CT molecular complexity index is 542. The molecule has 0 aliphatic heterocycles. The second-order valence-corrected chi connectivity index (χ2v) is 6.01. The van der Waals surface area contributed by atoms with Crippen LogP contribution in [0.15, 0.2) is 57.9 Å². The van der Waals surface area contributed by atoms with Crippen molar-refractivity contribution >= 4 is 32.4 Å². The molecule has 17 heavy (non-hydrogen) atoms. The summed E-state index contributed by atoms with van der Waals surface area (Å²) in [7, 11) is -1.05. The number of rotatable bonds is 3. The summed E-state index contributed by atoms with van der Waals surface area (Å²) in [5.74, 6) is 0.448. The van der Waals surface area contributed by atoms with E-state index in [1.807, 2.05) is 48.5 Å². The van der Waals surface area contributed by atoms with E-state index < -0.39 is 10.8 Å². The van der Waals surface area contributed by atoms with Gasteiger partial charge in [0, 0.05) is 15.1 Å². The summed E-state index contributed by atoms with van der Waals surface area (Å²) in [6.07, 6.45) is 0. The highest BCUT2D eigenvalue weighted by Gasteiger charge is 2.07. The van der Waals surface area contributed by atoms with E-state index in [9.17, 15) is 4.21 Å². The molecule has 0 fully saturated rings. The zero-order valence-corrected chi connectivity index (χ0v) is 11.5. The fourth-order valence-corrected chi connectivity index (χ4v) is 3.05. The molecule has 0 radical (unpaired) electrons. The van der Waals surface area contributed by atoms with Gasteiger partial charge in [-0.05, 0) is 29.8 Å². The van der Waals surface area contributed by atoms with E-state index in [1.54, 1.807) is 0 Å². The topological polar surface area (TPSA) is 43.1 Å². The van der Waals surface area contributed by atoms with E-state index in [2.05, 4.69) is 15.9 Å². The molecule has 1 atom stereocenters. The molecule has 2 N–H and O–H groups in total. The van der Waals surface area contributed by atoms with Crippen molar-refractivity contribution < 1.29 is 4.21 Å². The first-order valence-electron chi connectivity index (χ1n) is 5.14. The molecule has 0 aliphatic rings. The molecule has 88 valence electrons. The minimum atomic E-state index is -1.05. The lowest BCUT2D eigenvalue weighted by atomic mass is 10.2. The third-order valence-electron chi connectivity index (χ3n) is 2.40. The minimum absolute atomic E-state index is 0.448. The summed E-state index contributed by atoms with van der Waals surface area (Å²) in [5.41, 5.74) is 7.47. The Morgan fingerprint density at radius 3 is 2.47 bits per heavy atom. The van der Waals surface area contributed by atoms with Gasteiger partial charge in [0.15, 0.2) is 0 Å². The van der Waals surface area contributed by atoms with Gasteiger partial charge in [0.1, 0.15) is 0 Å². The quantitative estimate of drug-likeness (QED) is 0.884. The highest BCUT2D eigenvalue weighted by Crippen LogP contribution is 2.21. The maximum Gasteiger partial charge on any atom is 0.0574 e. The highest BCUT2D eigenvalue weighted by molar-refractivity contribution is 9.10. The predicted molar refractivity (Wildman–Crippen MR) is 75.1 cm³/mol. The Labute approximate surface area is 111 Å². The SMILES string of the molecule is Nc1cc(Br)ccc1CS(=O)c1ccccc1. The van der Waals surface area contributed by atoms with Crippen molar-refractivity contribution in [3.8, 4) is 0 Å². The lowest BCUT2D eigenvalue weighted by Gasteiger charge is -2.06. The first-order valence-corrected chi connectivity index (χ1v) is 7.25. The van der Waals surface area contributed by atoms with E-state index >= 15 is 0 Å². The zero-order valence-electron chi connectivity index (χ0n) is 9.10. The van der Waals surface area contributed by atoms with Crippen LogP contribution in [0.3, 0.4) is 0 Å². The molecule has 2 aromatic carbocycles. The van der Waals surface area contributed by atoms with Crippen molar-refractivity contribution in [2.24, 2.45) is 0 Å². The van der Waals surface area contributed by atoms with Crippen LogP contribution in [0.2, 0.25) is 0 Å². The van der Waals surface area contributed by atoms with E-state index in [0.717, 1.165) is 14.9 Å². The van der Waals surface area contributed by atoms with Crippen molar-refractivity contribution in [1.29, 1.82) is 0 Å². The Hall–Kier alpha value is -1.13. The normalized spacial score (nSPS) is 12.3. The van der Waals surface area contributed by atoms with Gasteiger partial charge < -0.3 is 5.73 Å². The number of hydrogen-bond acceptors (Lipinski definition) is 2. The molecular formula is C13H12BrNOS. The van der Waals surface area contributed by atoms with Crippen LogP contribution in [-0.2, 0) is 16.6 Å². The Balaban J connectivity index is 2.19. The molecule has 0 amide bonds. The van der Waals surface area contributed by atoms with Gasteiger partial charge in [-0.1, -0.05) is 40.2 Å². The van der Waals surface area contributed by atoms with Crippen LogP contribution in [-0.4, -0.2) is 4.21 Å². The van der Waals surface area contributed by atoms with Crippen LogP contribution in [0.1, 0.15) is 5.56 Å². The monoisotopic (exact) mass is 309 g/mol. The molecule has 2 nitrogen and oxygen atoms in total. The smallest absolute Gasteiger partial charge is 0.0574 e. The second-order valence-electron chi connectivity index (χ2n) is 3.65. The van der Waals surface area contributed by atoms with Crippen molar-refractivity contribution in [3.05, 3.63) is 58.6 Å². The summed E-state index contributed by atoms with van der Waals surface area (Å²) in [4.78, 5) is 0.829. The molecule has 0 aliphatic carbocycles. The molecule has 0 spiro atoms. The van der Waals surface area contributed by atoms with Crippen LogP contribution in [0.25, 0.3) is 0 Å². The maximum absolute atomic E-state index is 12.1. The zero-order chi connectivity index (χ0) is 12.3. The number of anilines is 1. The van der Waals surface area contributed by atoms with E-state index in [0.29, 0.717) is 11.4 Å². The second kappa shape index (κ2) is 5.47. The Morgan fingerprint density at radius 1 is 1.12 bits per heavy atom. The molecule has 0 saturated carbocycles. The van der Waals surface area contributed by atoms with Gasteiger partial charge >= 0.3 is 0 Å². The number of halogens is 1. The average molecular weight is 310 g/mol. The number of nitrogen functional groups attached to an aromatic ring is 1. The van der Waals surface area contributed by atoms with Crippen molar-refractivity contribution in [1.82, 2.24) is 0 Å². The van der Waals surface area contributed by atoms with Crippen LogP contribution in [0.5, 0.6) is 0 Å². The molecule has 2 rings (SSSR count). The van der Waals surface area contributed by atoms with Crippen molar-refractivity contribution in [2.75, 3.05) is 5.73 Å². The average Bonchev–Trinajstić information content (AvgIpc) is 2.34. The molecule has 0 heterocycles. The minimum Gasteiger partial charge on any atom is -0.398 e. The number of benzene rings is 2. The first-order chi connectivity index (χ1) is 8.16. The van der Waals surface area contributed by atoms with Crippen molar-refractivity contribution in [3.63, 3.8) is 0 Å². The van der Waals surface area contributed by atoms with Gasteiger partial charge in [-0.15, -0.1) is 0 Å². The lowest BCUT2D eigenvalue weighted by molar-refractivity contribution is 0.682. The Kier molecular flexibility index (Phi) is 3.97. The molecule has 0 bridgehead atoms. The molecule has 0 saturated heterocycles. The number of nitrogens with two attached hydrogens (primary N) is 1. The van der Waals surface area contributed by atoms with Crippen LogP contribution in [0, 0.1) is 0 Å². The fourth-order valence-electron chi connectivity index (χ4n) is 1.49. The van der Waals surface area contributed by atoms with Crippen LogP contribution < -0.4 is 5.73 Å². The van der Waals surface area contributed by atoms with Gasteiger partial charge in [-0.25, -0.2) is 0 Å². The van der Waals surface area contributed by atoms with Gasteiger partial charge in [0.05, 0.1) is 16.6 Å². The van der Waals surface area contributed by atoms with E-state index in [1.165, 1.54) is 0 Å². The molecule has 4 heteroatoms. The van der Waals surface area contributed by atoms with Crippen molar-refractivity contribution in [2.45, 2.75) is 10.6 Å². The van der Waals surface area contributed by atoms with Crippen LogP contribution in [0.4, 0.5) is 5.69 Å². The number of hydrogen-bond donors (Lipinski definition) is 1. The summed E-state index contributed by atoms with van der Waals surface area (Å²) in [6, 6.07) is 15.1. The summed E-state index contributed by atoms with van der Waals surface area (Å²) in [5, 5.41) is 0. The largest absolute Gasteiger partial charge is 0.398 e. The van der Waals surface area contributed by atoms with E-state index in [4.69, 9.17) is 5.73 Å². The van der Waals surface area contributed by atoms with E-state index in [-0.39, 0.29) is 0 Å². The summed E-state index contributed by atoms with van der Waals surface area (Å²) in [6.45, 7) is 0. The lowest BCUT2D eigenvalue weighted by Crippen LogP contribution is -2.00. The Morgan fingerprint density at radius 2 is 1.82 bits per heavy atom. The standard InChI is InChI=1S/C13H12BrNOS/c14-11-7-6-10(13(15)8-11)9-17(16)12-4-2-1-3-5-12/h1-8H,9,15H2. The van der Waals surface area contributed by atoms with Gasteiger partial charge in [0.25, 0.3) is 0 Å². The molecular weight excluding hydrogens is 298 g/mol. The third-order valence-corrected chi connectivity index (χ3v) is 4.27. The fraction of sp³-hybridized carbons (Fsp3) is 0.0769. The van der Waals surface area contributed by atoms with Gasteiger partial charge in [-0.3, -0.25) is 4.21 Å².